The lowest BCUT2D eigenvalue weighted by Crippen LogP contribution is -2.45. The molecule has 1 atom stereocenters. The van der Waals surface area contributed by atoms with Gasteiger partial charge >= 0.3 is 0 Å². The molecule has 3 heterocycles. The minimum atomic E-state index is 0.424. The highest BCUT2D eigenvalue weighted by molar-refractivity contribution is 5.05. The number of nitrogens with zero attached hydrogens (tertiary/aromatic N) is 4. The zero-order valence-corrected chi connectivity index (χ0v) is 16.1. The molecule has 0 N–H and O–H groups in total. The van der Waals surface area contributed by atoms with E-state index in [1.165, 1.54) is 38.0 Å². The first-order valence-corrected chi connectivity index (χ1v) is 9.63. The lowest BCUT2D eigenvalue weighted by molar-refractivity contribution is 0.0348. The second-order valence-electron chi connectivity index (χ2n) is 7.72. The van der Waals surface area contributed by atoms with Crippen LogP contribution < -0.4 is 0 Å². The number of hydrogen-bond donors (Lipinski definition) is 0. The highest BCUT2D eigenvalue weighted by Gasteiger charge is 2.47. The Morgan fingerprint density at radius 3 is 2.64 bits per heavy atom. The number of aromatic nitrogens is 2. The molecule has 6 heteroatoms. The minimum Gasteiger partial charge on any atom is -0.384 e. The molecule has 2 aliphatic rings. The van der Waals surface area contributed by atoms with Gasteiger partial charge in [0.1, 0.15) is 0 Å². The van der Waals surface area contributed by atoms with Crippen LogP contribution >= 0.6 is 0 Å². The van der Waals surface area contributed by atoms with Gasteiger partial charge in [-0.1, -0.05) is 0 Å². The second kappa shape index (κ2) is 8.62. The molecule has 0 radical (unpaired) electrons. The predicted molar refractivity (Wildman–Crippen MR) is 98.5 cm³/mol. The van der Waals surface area contributed by atoms with E-state index in [4.69, 9.17) is 9.47 Å². The summed E-state index contributed by atoms with van der Waals surface area (Å²) >= 11 is 0. The average molecular weight is 351 g/mol. The van der Waals surface area contributed by atoms with Gasteiger partial charge in [0, 0.05) is 64.6 Å². The third-order valence-corrected chi connectivity index (χ3v) is 6.13. The van der Waals surface area contributed by atoms with Gasteiger partial charge in [0.05, 0.1) is 19.4 Å². The molecule has 2 saturated heterocycles. The summed E-state index contributed by atoms with van der Waals surface area (Å²) in [5.74, 6) is 0.652. The van der Waals surface area contributed by atoms with Gasteiger partial charge in [-0.15, -0.1) is 0 Å². The van der Waals surface area contributed by atoms with Crippen LogP contribution in [0.5, 0.6) is 0 Å². The van der Waals surface area contributed by atoms with E-state index in [2.05, 4.69) is 28.0 Å². The quantitative estimate of drug-likeness (QED) is 0.714. The van der Waals surface area contributed by atoms with E-state index in [1.807, 2.05) is 18.0 Å². The predicted octanol–water partition coefficient (Wildman–Crippen LogP) is 1.71. The maximum Gasteiger partial charge on any atom is 0.0589 e. The summed E-state index contributed by atoms with van der Waals surface area (Å²) < 4.78 is 12.9. The molecule has 142 valence electrons. The van der Waals surface area contributed by atoms with Crippen molar-refractivity contribution in [2.45, 2.75) is 32.9 Å². The van der Waals surface area contributed by atoms with Gasteiger partial charge in [-0.05, 0) is 38.3 Å². The fourth-order valence-electron chi connectivity index (χ4n) is 4.61. The van der Waals surface area contributed by atoms with Crippen LogP contribution in [0.3, 0.4) is 0 Å². The molecule has 0 saturated carbocycles. The molecule has 3 rings (SSSR count). The SMILES string of the molecule is CCn1cc(CN2CCC3(CC2)CN(CCOC)CC3COC)cn1. The van der Waals surface area contributed by atoms with Crippen molar-refractivity contribution in [2.24, 2.45) is 11.3 Å². The van der Waals surface area contributed by atoms with E-state index in [0.717, 1.165) is 39.4 Å². The molecular weight excluding hydrogens is 316 g/mol. The largest absolute Gasteiger partial charge is 0.384 e. The summed E-state index contributed by atoms with van der Waals surface area (Å²) in [6.45, 7) is 11.6. The number of likely N-dealkylation sites (tertiary alicyclic amines) is 2. The average Bonchev–Trinajstić information content (AvgIpc) is 3.21. The Morgan fingerprint density at radius 2 is 2.00 bits per heavy atom. The summed E-state index contributed by atoms with van der Waals surface area (Å²) in [4.78, 5) is 5.16. The summed E-state index contributed by atoms with van der Waals surface area (Å²) in [6.07, 6.45) is 6.74. The molecule has 1 aromatic rings. The Labute approximate surface area is 152 Å². The van der Waals surface area contributed by atoms with Gasteiger partial charge in [-0.3, -0.25) is 9.58 Å². The number of methoxy groups -OCH3 is 2. The van der Waals surface area contributed by atoms with Crippen LogP contribution in [-0.2, 0) is 22.6 Å². The van der Waals surface area contributed by atoms with Crippen molar-refractivity contribution in [1.29, 1.82) is 0 Å². The van der Waals surface area contributed by atoms with Crippen molar-refractivity contribution in [3.63, 3.8) is 0 Å². The molecule has 2 fully saturated rings. The van der Waals surface area contributed by atoms with E-state index in [1.54, 1.807) is 7.11 Å². The summed E-state index contributed by atoms with van der Waals surface area (Å²) in [5.41, 5.74) is 1.76. The van der Waals surface area contributed by atoms with Crippen molar-refractivity contribution in [3.05, 3.63) is 18.0 Å². The van der Waals surface area contributed by atoms with Crippen LogP contribution in [0.25, 0.3) is 0 Å². The molecule has 0 amide bonds. The van der Waals surface area contributed by atoms with Crippen molar-refractivity contribution in [1.82, 2.24) is 19.6 Å². The number of rotatable bonds is 8. The first-order chi connectivity index (χ1) is 12.2. The molecular formula is C19H34N4O2. The monoisotopic (exact) mass is 350 g/mol. The Bertz CT molecular complexity index is 525. The molecule has 2 aliphatic heterocycles. The second-order valence-corrected chi connectivity index (χ2v) is 7.72. The summed E-state index contributed by atoms with van der Waals surface area (Å²) in [7, 11) is 3.63. The highest BCUT2D eigenvalue weighted by Crippen LogP contribution is 2.44. The minimum absolute atomic E-state index is 0.424. The summed E-state index contributed by atoms with van der Waals surface area (Å²) in [6, 6.07) is 0. The zero-order chi connectivity index (χ0) is 17.7. The van der Waals surface area contributed by atoms with E-state index in [0.29, 0.717) is 11.3 Å². The zero-order valence-electron chi connectivity index (χ0n) is 16.1. The van der Waals surface area contributed by atoms with Crippen LogP contribution in [-0.4, -0.2) is 79.7 Å². The number of aryl methyl sites for hydroxylation is 1. The fourth-order valence-corrected chi connectivity index (χ4v) is 4.61. The van der Waals surface area contributed by atoms with Gasteiger partial charge in [0.2, 0.25) is 0 Å². The summed E-state index contributed by atoms with van der Waals surface area (Å²) in [5, 5.41) is 4.40. The molecule has 0 bridgehead atoms. The first kappa shape index (κ1) is 18.8. The maximum absolute atomic E-state index is 5.56. The van der Waals surface area contributed by atoms with Crippen LogP contribution in [0.2, 0.25) is 0 Å². The lowest BCUT2D eigenvalue weighted by atomic mass is 9.71. The van der Waals surface area contributed by atoms with Crippen LogP contribution in [0.1, 0.15) is 25.3 Å². The van der Waals surface area contributed by atoms with Crippen LogP contribution in [0, 0.1) is 11.3 Å². The van der Waals surface area contributed by atoms with Gasteiger partial charge < -0.3 is 14.4 Å². The Morgan fingerprint density at radius 1 is 1.20 bits per heavy atom. The van der Waals surface area contributed by atoms with E-state index in [-0.39, 0.29) is 0 Å². The van der Waals surface area contributed by atoms with Crippen LogP contribution in [0.4, 0.5) is 0 Å². The molecule has 6 nitrogen and oxygen atoms in total. The third-order valence-electron chi connectivity index (χ3n) is 6.13. The lowest BCUT2D eigenvalue weighted by Gasteiger charge is -2.42. The normalized spacial score (nSPS) is 24.4. The number of ether oxygens (including phenoxy) is 2. The van der Waals surface area contributed by atoms with E-state index < -0.39 is 0 Å². The number of piperidine rings is 1. The van der Waals surface area contributed by atoms with Crippen molar-refractivity contribution in [2.75, 3.05) is 60.2 Å². The molecule has 1 spiro atoms. The smallest absolute Gasteiger partial charge is 0.0589 e. The standard InChI is InChI=1S/C19H34N4O2/c1-4-23-13-17(11-20-23)12-21-7-5-19(6-8-21)16-22(9-10-24-2)14-18(19)15-25-3/h11,13,18H,4-10,12,14-16H2,1-3H3. The first-order valence-electron chi connectivity index (χ1n) is 9.63. The molecule has 1 unspecified atom stereocenters. The van der Waals surface area contributed by atoms with Crippen molar-refractivity contribution < 1.29 is 9.47 Å². The molecule has 0 aromatic carbocycles. The van der Waals surface area contributed by atoms with Gasteiger partial charge in [-0.25, -0.2) is 0 Å². The van der Waals surface area contributed by atoms with Crippen LogP contribution in [0.15, 0.2) is 12.4 Å². The topological polar surface area (TPSA) is 42.8 Å². The van der Waals surface area contributed by atoms with E-state index in [9.17, 15) is 0 Å². The third kappa shape index (κ3) is 4.42. The molecule has 25 heavy (non-hydrogen) atoms. The molecule has 0 aliphatic carbocycles. The van der Waals surface area contributed by atoms with Gasteiger partial charge in [0.15, 0.2) is 0 Å². The van der Waals surface area contributed by atoms with Gasteiger partial charge in [0.25, 0.3) is 0 Å². The highest BCUT2D eigenvalue weighted by atomic mass is 16.5. The Hall–Kier alpha value is -0.950. The molecule has 1 aromatic heterocycles. The number of hydrogen-bond acceptors (Lipinski definition) is 5. The van der Waals surface area contributed by atoms with Crippen molar-refractivity contribution in [3.8, 4) is 0 Å². The maximum atomic E-state index is 5.56. The van der Waals surface area contributed by atoms with Crippen molar-refractivity contribution >= 4 is 0 Å². The van der Waals surface area contributed by atoms with E-state index >= 15 is 0 Å². The Balaban J connectivity index is 1.56. The Kier molecular flexibility index (Phi) is 6.49. The van der Waals surface area contributed by atoms with Gasteiger partial charge in [-0.2, -0.15) is 5.10 Å². The fraction of sp³-hybridized carbons (Fsp3) is 0.842.